The van der Waals surface area contributed by atoms with Crippen molar-refractivity contribution in [3.05, 3.63) is 71.7 Å². The van der Waals surface area contributed by atoms with E-state index in [1.165, 1.54) is 17.5 Å². The van der Waals surface area contributed by atoms with Crippen molar-refractivity contribution in [1.82, 2.24) is 9.97 Å². The molecule has 0 aliphatic rings. The van der Waals surface area contributed by atoms with Crippen molar-refractivity contribution < 1.29 is 9.53 Å². The Morgan fingerprint density at radius 1 is 1.04 bits per heavy atom. The highest BCUT2D eigenvalue weighted by Crippen LogP contribution is 2.24. The van der Waals surface area contributed by atoms with Crippen LogP contribution in [0.3, 0.4) is 0 Å². The number of nitrogens with zero attached hydrogens (tertiary/aromatic N) is 2. The van der Waals surface area contributed by atoms with Crippen LogP contribution in [0.4, 0.5) is 17.2 Å². The summed E-state index contributed by atoms with van der Waals surface area (Å²) in [4.78, 5) is 20.9. The lowest BCUT2D eigenvalue weighted by atomic mass is 10.1. The zero-order valence-electron chi connectivity index (χ0n) is 15.6. The van der Waals surface area contributed by atoms with Gasteiger partial charge in [0.1, 0.15) is 23.6 Å². The average Bonchev–Trinajstić information content (AvgIpc) is 2.67. The van der Waals surface area contributed by atoms with E-state index in [-0.39, 0.29) is 11.6 Å². The number of para-hydroxylation sites is 2. The first kappa shape index (κ1) is 18.4. The molecule has 0 bridgehead atoms. The normalized spacial score (nSPS) is 10.3. The van der Waals surface area contributed by atoms with Gasteiger partial charge >= 0.3 is 0 Å². The maximum atomic E-state index is 12.6. The number of carbonyl (C=O) groups is 1. The van der Waals surface area contributed by atoms with E-state index >= 15 is 0 Å². The molecule has 0 saturated carbocycles. The molecule has 3 aromatic rings. The quantitative estimate of drug-likeness (QED) is 0.676. The minimum absolute atomic E-state index is 0.266. The lowest BCUT2D eigenvalue weighted by Crippen LogP contribution is -2.15. The summed E-state index contributed by atoms with van der Waals surface area (Å²) in [7, 11) is 0. The third-order valence-corrected chi connectivity index (χ3v) is 4.11. The van der Waals surface area contributed by atoms with Gasteiger partial charge in [-0.25, -0.2) is 9.97 Å². The predicted molar refractivity (Wildman–Crippen MR) is 107 cm³/mol. The summed E-state index contributed by atoms with van der Waals surface area (Å²) >= 11 is 0. The summed E-state index contributed by atoms with van der Waals surface area (Å²) in [5.41, 5.74) is 4.18. The molecule has 3 rings (SSSR count). The molecular formula is C21H22N4O2. The minimum atomic E-state index is -0.326. The summed E-state index contributed by atoms with van der Waals surface area (Å²) in [6.07, 6.45) is 1.37. The van der Waals surface area contributed by atoms with Gasteiger partial charge in [-0.05, 0) is 56.2 Å². The summed E-state index contributed by atoms with van der Waals surface area (Å²) in [5.74, 6) is 0.847. The number of rotatable bonds is 6. The fraction of sp³-hybridized carbons (Fsp3) is 0.190. The Balaban J connectivity index is 1.76. The number of amides is 1. The molecule has 0 unspecified atom stereocenters. The summed E-state index contributed by atoms with van der Waals surface area (Å²) in [6.45, 7) is 6.53. The zero-order valence-corrected chi connectivity index (χ0v) is 15.6. The first-order chi connectivity index (χ1) is 13.1. The Bertz CT molecular complexity index is 956. The summed E-state index contributed by atoms with van der Waals surface area (Å²) in [5, 5.41) is 6.04. The van der Waals surface area contributed by atoms with Gasteiger partial charge < -0.3 is 15.4 Å². The van der Waals surface area contributed by atoms with E-state index in [4.69, 9.17) is 4.74 Å². The van der Waals surface area contributed by atoms with Crippen LogP contribution >= 0.6 is 0 Å². The van der Waals surface area contributed by atoms with Gasteiger partial charge in [0.15, 0.2) is 0 Å². The lowest BCUT2D eigenvalue weighted by Gasteiger charge is -2.11. The number of anilines is 3. The van der Waals surface area contributed by atoms with E-state index in [1.54, 1.807) is 12.1 Å². The van der Waals surface area contributed by atoms with E-state index in [9.17, 15) is 4.79 Å². The first-order valence-corrected chi connectivity index (χ1v) is 8.76. The van der Waals surface area contributed by atoms with Crippen LogP contribution in [0.15, 0.2) is 54.9 Å². The van der Waals surface area contributed by atoms with E-state index < -0.39 is 0 Å². The van der Waals surface area contributed by atoms with Crippen molar-refractivity contribution in [1.29, 1.82) is 0 Å². The van der Waals surface area contributed by atoms with Crippen molar-refractivity contribution in [2.45, 2.75) is 20.8 Å². The molecule has 0 saturated heterocycles. The molecule has 27 heavy (non-hydrogen) atoms. The van der Waals surface area contributed by atoms with Crippen molar-refractivity contribution in [2.24, 2.45) is 0 Å². The van der Waals surface area contributed by atoms with Gasteiger partial charge in [0.2, 0.25) is 0 Å². The van der Waals surface area contributed by atoms with Crippen LogP contribution in [0.1, 0.15) is 28.5 Å². The largest absolute Gasteiger partial charge is 0.492 e. The lowest BCUT2D eigenvalue weighted by molar-refractivity contribution is 0.102. The SMILES string of the molecule is CCOc1ccccc1NC(=O)c1cc(Nc2ccc(C)c(C)c2)ncn1. The molecule has 2 aromatic carbocycles. The number of benzene rings is 2. The van der Waals surface area contributed by atoms with Gasteiger partial charge in [-0.15, -0.1) is 0 Å². The summed E-state index contributed by atoms with van der Waals surface area (Å²) in [6, 6.07) is 15.0. The van der Waals surface area contributed by atoms with Gasteiger partial charge in [-0.3, -0.25) is 4.79 Å². The molecule has 0 radical (unpaired) electrons. The number of aryl methyl sites for hydroxylation is 2. The van der Waals surface area contributed by atoms with Crippen LogP contribution in [0, 0.1) is 13.8 Å². The third-order valence-electron chi connectivity index (χ3n) is 4.11. The Morgan fingerprint density at radius 2 is 1.85 bits per heavy atom. The Morgan fingerprint density at radius 3 is 2.63 bits per heavy atom. The number of hydrogen-bond acceptors (Lipinski definition) is 5. The third kappa shape index (κ3) is 4.61. The van der Waals surface area contributed by atoms with Gasteiger partial charge in [-0.2, -0.15) is 0 Å². The number of carbonyl (C=O) groups excluding carboxylic acids is 1. The molecule has 2 N–H and O–H groups in total. The predicted octanol–water partition coefficient (Wildman–Crippen LogP) is 4.49. The monoisotopic (exact) mass is 362 g/mol. The van der Waals surface area contributed by atoms with Gasteiger partial charge in [-0.1, -0.05) is 18.2 Å². The molecule has 0 aliphatic heterocycles. The summed E-state index contributed by atoms with van der Waals surface area (Å²) < 4.78 is 5.54. The van der Waals surface area contributed by atoms with Crippen LogP contribution in [-0.4, -0.2) is 22.5 Å². The van der Waals surface area contributed by atoms with Crippen LogP contribution in [0.5, 0.6) is 5.75 Å². The Labute approximate surface area is 158 Å². The average molecular weight is 362 g/mol. The van der Waals surface area contributed by atoms with Crippen LogP contribution in [0.2, 0.25) is 0 Å². The second-order valence-corrected chi connectivity index (χ2v) is 6.10. The van der Waals surface area contributed by atoms with Crippen LogP contribution < -0.4 is 15.4 Å². The number of aromatic nitrogens is 2. The van der Waals surface area contributed by atoms with Crippen molar-refractivity contribution in [3.8, 4) is 5.75 Å². The molecule has 1 heterocycles. The van der Waals surface area contributed by atoms with Crippen molar-refractivity contribution >= 4 is 23.1 Å². The fourth-order valence-corrected chi connectivity index (χ4v) is 2.55. The maximum Gasteiger partial charge on any atom is 0.274 e. The second-order valence-electron chi connectivity index (χ2n) is 6.10. The van der Waals surface area contributed by atoms with E-state index in [2.05, 4.69) is 34.4 Å². The number of hydrogen-bond donors (Lipinski definition) is 2. The maximum absolute atomic E-state index is 12.6. The van der Waals surface area contributed by atoms with Gasteiger partial charge in [0.05, 0.1) is 12.3 Å². The molecule has 0 fully saturated rings. The zero-order chi connectivity index (χ0) is 19.2. The highest BCUT2D eigenvalue weighted by atomic mass is 16.5. The molecule has 6 heteroatoms. The topological polar surface area (TPSA) is 76.1 Å². The molecule has 0 spiro atoms. The van der Waals surface area contributed by atoms with E-state index in [0.717, 1.165) is 5.69 Å². The van der Waals surface area contributed by atoms with Crippen molar-refractivity contribution in [3.63, 3.8) is 0 Å². The van der Waals surface area contributed by atoms with Crippen LogP contribution in [-0.2, 0) is 0 Å². The molecule has 0 aliphatic carbocycles. The smallest absolute Gasteiger partial charge is 0.274 e. The van der Waals surface area contributed by atoms with E-state index in [1.807, 2.05) is 43.3 Å². The molecule has 1 amide bonds. The van der Waals surface area contributed by atoms with E-state index in [0.29, 0.717) is 23.9 Å². The molecule has 6 nitrogen and oxygen atoms in total. The highest BCUT2D eigenvalue weighted by molar-refractivity contribution is 6.04. The molecule has 1 aromatic heterocycles. The fourth-order valence-electron chi connectivity index (χ4n) is 2.55. The first-order valence-electron chi connectivity index (χ1n) is 8.76. The molecule has 138 valence electrons. The van der Waals surface area contributed by atoms with Gasteiger partial charge in [0.25, 0.3) is 5.91 Å². The Hall–Kier alpha value is -3.41. The molecular weight excluding hydrogens is 340 g/mol. The number of nitrogens with one attached hydrogen (secondary N) is 2. The number of ether oxygens (including phenoxy) is 1. The van der Waals surface area contributed by atoms with Crippen molar-refractivity contribution in [2.75, 3.05) is 17.2 Å². The van der Waals surface area contributed by atoms with Crippen LogP contribution in [0.25, 0.3) is 0 Å². The minimum Gasteiger partial charge on any atom is -0.492 e. The molecule has 0 atom stereocenters. The second kappa shape index (κ2) is 8.31. The van der Waals surface area contributed by atoms with Gasteiger partial charge in [0, 0.05) is 11.8 Å². The Kier molecular flexibility index (Phi) is 5.66. The standard InChI is InChI=1S/C21H22N4O2/c1-4-27-19-8-6-5-7-17(19)25-21(26)18-12-20(23-13-22-18)24-16-10-9-14(2)15(3)11-16/h5-13H,4H2,1-3H3,(H,25,26)(H,22,23,24). The highest BCUT2D eigenvalue weighted by Gasteiger charge is 2.12.